The number of hydrogen-bond donors (Lipinski definition) is 0. The molecule has 0 saturated heterocycles. The smallest absolute Gasteiger partial charge is 0.175 e. The van der Waals surface area contributed by atoms with Crippen LogP contribution >= 0.6 is 22.6 Å². The zero-order valence-electron chi connectivity index (χ0n) is 22.6. The number of carbonyl (C=O) groups excluding carboxylic acids is 2. The van der Waals surface area contributed by atoms with Crippen molar-refractivity contribution in [2.45, 2.75) is 59.3 Å². The molecule has 3 aliphatic rings. The summed E-state index contributed by atoms with van der Waals surface area (Å²) in [6.45, 7) is 9.80. The third-order valence-electron chi connectivity index (χ3n) is 7.43. The van der Waals surface area contributed by atoms with Crippen molar-refractivity contribution in [2.75, 3.05) is 34.0 Å². The maximum atomic E-state index is 13.9. The van der Waals surface area contributed by atoms with Crippen molar-refractivity contribution in [1.82, 2.24) is 4.90 Å². The van der Waals surface area contributed by atoms with Crippen LogP contribution in [0.3, 0.4) is 0 Å². The minimum atomic E-state index is -0.444. The Hall–Kier alpha value is -2.31. The van der Waals surface area contributed by atoms with Crippen LogP contribution in [0.5, 0.6) is 11.5 Å². The van der Waals surface area contributed by atoms with Crippen molar-refractivity contribution >= 4 is 34.2 Å². The third-order valence-corrected chi connectivity index (χ3v) is 8.23. The average molecular weight is 618 g/mol. The second-order valence-corrected chi connectivity index (χ2v) is 12.9. The molecule has 0 atom stereocenters. The summed E-state index contributed by atoms with van der Waals surface area (Å²) in [4.78, 5) is 30.0. The molecule has 1 aromatic rings. The van der Waals surface area contributed by atoms with Gasteiger partial charge in [-0.25, -0.2) is 0 Å². The van der Waals surface area contributed by atoms with E-state index in [2.05, 4.69) is 61.1 Å². The molecule has 0 saturated carbocycles. The summed E-state index contributed by atoms with van der Waals surface area (Å²) < 4.78 is 17.7. The highest BCUT2D eigenvalue weighted by molar-refractivity contribution is 14.1. The molecule has 0 unspecified atom stereocenters. The standard InChI is InChI=1S/C30H36INO5/c1-8-10-37-28-19(31)12-18(13-24(28)36-7)25-26-20(14-29(2,3)16-22(26)33)32(9-11-35-6)21-15-30(4,5)17-23(34)27(21)25/h1,12-13,25H,9-11,14-17H2,2-7H3. The van der Waals surface area contributed by atoms with E-state index in [9.17, 15) is 9.59 Å². The van der Waals surface area contributed by atoms with Crippen LogP contribution in [0.2, 0.25) is 0 Å². The van der Waals surface area contributed by atoms with E-state index < -0.39 is 5.92 Å². The van der Waals surface area contributed by atoms with Gasteiger partial charge < -0.3 is 19.1 Å². The maximum absolute atomic E-state index is 13.9. The van der Waals surface area contributed by atoms with E-state index in [-0.39, 0.29) is 29.0 Å². The molecule has 0 amide bonds. The lowest BCUT2D eigenvalue weighted by atomic mass is 9.63. The molecule has 0 fully saturated rings. The van der Waals surface area contributed by atoms with Crippen LogP contribution in [-0.4, -0.2) is 50.4 Å². The van der Waals surface area contributed by atoms with Gasteiger partial charge in [0.05, 0.1) is 17.3 Å². The Morgan fingerprint density at radius 3 is 2.05 bits per heavy atom. The highest BCUT2D eigenvalue weighted by Crippen LogP contribution is 2.55. The molecule has 4 rings (SSSR count). The van der Waals surface area contributed by atoms with Crippen molar-refractivity contribution in [3.63, 3.8) is 0 Å². The van der Waals surface area contributed by atoms with E-state index in [1.165, 1.54) is 0 Å². The number of hydrogen-bond acceptors (Lipinski definition) is 6. The zero-order chi connectivity index (χ0) is 27.1. The van der Waals surface area contributed by atoms with Crippen molar-refractivity contribution in [3.05, 3.63) is 43.8 Å². The van der Waals surface area contributed by atoms with Gasteiger partial charge in [0.1, 0.15) is 6.61 Å². The van der Waals surface area contributed by atoms with Crippen molar-refractivity contribution in [3.8, 4) is 23.8 Å². The first-order valence-electron chi connectivity index (χ1n) is 12.7. The van der Waals surface area contributed by atoms with Gasteiger partial charge in [0.15, 0.2) is 23.1 Å². The molecule has 0 N–H and O–H groups in total. The van der Waals surface area contributed by atoms with Gasteiger partial charge in [-0.1, -0.05) is 33.6 Å². The van der Waals surface area contributed by atoms with Crippen LogP contribution in [0, 0.1) is 26.7 Å². The first-order chi connectivity index (χ1) is 17.4. The van der Waals surface area contributed by atoms with Gasteiger partial charge in [-0.2, -0.15) is 0 Å². The third kappa shape index (κ3) is 5.33. The number of terminal acetylenes is 1. The van der Waals surface area contributed by atoms with Crippen molar-refractivity contribution < 1.29 is 23.8 Å². The van der Waals surface area contributed by atoms with Gasteiger partial charge in [0.2, 0.25) is 0 Å². The normalized spacial score (nSPS) is 21.0. The van der Waals surface area contributed by atoms with Gasteiger partial charge in [0, 0.05) is 55.0 Å². The molecule has 37 heavy (non-hydrogen) atoms. The quantitative estimate of drug-likeness (QED) is 0.292. The van der Waals surface area contributed by atoms with Crippen LogP contribution in [0.25, 0.3) is 0 Å². The zero-order valence-corrected chi connectivity index (χ0v) is 24.8. The van der Waals surface area contributed by atoms with E-state index in [0.29, 0.717) is 37.5 Å². The molecule has 0 radical (unpaired) electrons. The number of ketones is 2. The number of benzene rings is 1. The number of carbonyl (C=O) groups is 2. The van der Waals surface area contributed by atoms with Crippen LogP contribution in [-0.2, 0) is 14.3 Å². The number of Topliss-reactive ketones (excluding diaryl/α,β-unsaturated/α-hetero) is 2. The SMILES string of the molecule is C#CCOc1c(I)cc(C2C3=C(CC(C)(C)CC3=O)N(CCOC)C3=C2C(=O)CC(C)(C)C3)cc1OC. The number of nitrogens with zero attached hydrogens (tertiary/aromatic N) is 1. The Labute approximate surface area is 233 Å². The summed E-state index contributed by atoms with van der Waals surface area (Å²) in [5, 5.41) is 0. The lowest BCUT2D eigenvalue weighted by Crippen LogP contribution is -2.45. The van der Waals surface area contributed by atoms with Gasteiger partial charge >= 0.3 is 0 Å². The van der Waals surface area contributed by atoms with Crippen LogP contribution in [0.15, 0.2) is 34.7 Å². The minimum absolute atomic E-state index is 0.101. The molecule has 2 aliphatic carbocycles. The fourth-order valence-electron chi connectivity index (χ4n) is 5.99. The summed E-state index contributed by atoms with van der Waals surface area (Å²) in [7, 11) is 3.27. The number of allylic oxidation sites excluding steroid dienone is 4. The molecular weight excluding hydrogens is 581 g/mol. The predicted molar refractivity (Wildman–Crippen MR) is 151 cm³/mol. The van der Waals surface area contributed by atoms with E-state index in [4.69, 9.17) is 20.6 Å². The number of ether oxygens (including phenoxy) is 3. The molecule has 6 nitrogen and oxygen atoms in total. The molecule has 1 heterocycles. The predicted octanol–water partition coefficient (Wildman–Crippen LogP) is 5.64. The number of methoxy groups -OCH3 is 2. The Morgan fingerprint density at radius 1 is 1.00 bits per heavy atom. The first kappa shape index (κ1) is 27.7. The van der Waals surface area contributed by atoms with E-state index in [1.54, 1.807) is 14.2 Å². The Bertz CT molecular complexity index is 1180. The largest absolute Gasteiger partial charge is 0.493 e. The highest BCUT2D eigenvalue weighted by atomic mass is 127. The Morgan fingerprint density at radius 2 is 1.57 bits per heavy atom. The molecule has 0 aromatic heterocycles. The molecular formula is C30H36INO5. The lowest BCUT2D eigenvalue weighted by Gasteiger charge is -2.49. The van der Waals surface area contributed by atoms with Gasteiger partial charge in [-0.05, 0) is 64.0 Å². The van der Waals surface area contributed by atoms with Crippen molar-refractivity contribution in [1.29, 1.82) is 0 Å². The van der Waals surface area contributed by atoms with E-state index in [1.807, 2.05) is 12.1 Å². The summed E-state index contributed by atoms with van der Waals surface area (Å²) in [5.41, 5.74) is 4.04. The molecule has 1 aromatic carbocycles. The fraction of sp³-hybridized carbons (Fsp3) is 0.533. The average Bonchev–Trinajstić information content (AvgIpc) is 2.79. The second kappa shape index (κ2) is 10.5. The summed E-state index contributed by atoms with van der Waals surface area (Å²) in [6, 6.07) is 3.90. The monoisotopic (exact) mass is 617 g/mol. The number of halogens is 1. The lowest BCUT2D eigenvalue weighted by molar-refractivity contribution is -0.119. The summed E-state index contributed by atoms with van der Waals surface area (Å²) in [5.74, 6) is 3.36. The number of rotatable bonds is 7. The van der Waals surface area contributed by atoms with Gasteiger partial charge in [-0.15, -0.1) is 6.42 Å². The first-order valence-corrected chi connectivity index (χ1v) is 13.7. The van der Waals surface area contributed by atoms with Crippen LogP contribution < -0.4 is 9.47 Å². The maximum Gasteiger partial charge on any atom is 0.175 e. The van der Waals surface area contributed by atoms with Crippen LogP contribution in [0.1, 0.15) is 64.9 Å². The Balaban J connectivity index is 1.98. The molecule has 0 bridgehead atoms. The van der Waals surface area contributed by atoms with E-state index in [0.717, 1.165) is 44.5 Å². The molecule has 0 spiro atoms. The van der Waals surface area contributed by atoms with Crippen LogP contribution in [0.4, 0.5) is 0 Å². The van der Waals surface area contributed by atoms with Gasteiger partial charge in [-0.3, -0.25) is 9.59 Å². The van der Waals surface area contributed by atoms with Crippen molar-refractivity contribution in [2.24, 2.45) is 10.8 Å². The Kier molecular flexibility index (Phi) is 7.83. The van der Waals surface area contributed by atoms with Gasteiger partial charge in [0.25, 0.3) is 0 Å². The summed E-state index contributed by atoms with van der Waals surface area (Å²) in [6.07, 6.45) is 7.83. The fourth-order valence-corrected chi connectivity index (χ4v) is 6.78. The molecule has 1 aliphatic heterocycles. The van der Waals surface area contributed by atoms with E-state index >= 15 is 0 Å². The molecule has 7 heteroatoms. The summed E-state index contributed by atoms with van der Waals surface area (Å²) >= 11 is 2.21. The molecule has 198 valence electrons. The topological polar surface area (TPSA) is 65.1 Å². The second-order valence-electron chi connectivity index (χ2n) is 11.7. The minimum Gasteiger partial charge on any atom is -0.493 e. The highest BCUT2D eigenvalue weighted by Gasteiger charge is 2.49.